The molecule has 0 aliphatic rings. The third-order valence-corrected chi connectivity index (χ3v) is 4.85. The number of carbonyl (C=O) groups is 1. The number of carbonyl (C=O) groups excluding carboxylic acids is 1. The van der Waals surface area contributed by atoms with Crippen LogP contribution in [0, 0.1) is 11.3 Å². The van der Waals surface area contributed by atoms with Crippen LogP contribution in [0.15, 0.2) is 17.7 Å². The van der Waals surface area contributed by atoms with Crippen LogP contribution < -0.4 is 5.32 Å². The second-order valence-corrected chi connectivity index (χ2v) is 6.49. The van der Waals surface area contributed by atoms with Gasteiger partial charge in [0, 0.05) is 10.6 Å². The van der Waals surface area contributed by atoms with Gasteiger partial charge in [0.1, 0.15) is 16.6 Å². The van der Waals surface area contributed by atoms with Gasteiger partial charge in [-0.3, -0.25) is 10.1 Å². The van der Waals surface area contributed by atoms with Crippen LogP contribution in [0.25, 0.3) is 6.08 Å². The van der Waals surface area contributed by atoms with E-state index in [-0.39, 0.29) is 20.6 Å². The number of nitrogens with one attached hydrogen (secondary N) is 1. The average molecular weight is 388 g/mol. The summed E-state index contributed by atoms with van der Waals surface area (Å²) in [4.78, 5) is 12.2. The highest BCUT2D eigenvalue weighted by Crippen LogP contribution is 2.33. The Kier molecular flexibility index (Phi) is 5.97. The molecule has 1 amide bonds. The zero-order chi connectivity index (χ0) is 17.0. The van der Waals surface area contributed by atoms with Crippen LogP contribution in [0.4, 0.5) is 5.13 Å². The molecule has 2 rings (SSSR count). The lowest BCUT2D eigenvalue weighted by molar-refractivity contribution is -0.112. The molecule has 0 spiro atoms. The number of benzene rings is 1. The maximum absolute atomic E-state index is 12.2. The first kappa shape index (κ1) is 17.7. The number of rotatable bonds is 4. The van der Waals surface area contributed by atoms with Gasteiger partial charge < -0.3 is 0 Å². The molecular weight excluding hydrogens is 379 g/mol. The SMILES string of the molecule is CCc1nnc(NC(=O)C(C#N)=Cc2c(Cl)ccc(Cl)c2Cl)s1. The van der Waals surface area contributed by atoms with Crippen LogP contribution in [0.5, 0.6) is 0 Å². The monoisotopic (exact) mass is 386 g/mol. The zero-order valence-corrected chi connectivity index (χ0v) is 14.8. The van der Waals surface area contributed by atoms with E-state index in [9.17, 15) is 10.1 Å². The van der Waals surface area contributed by atoms with Crippen LogP contribution >= 0.6 is 46.1 Å². The zero-order valence-electron chi connectivity index (χ0n) is 11.7. The van der Waals surface area contributed by atoms with Gasteiger partial charge in [0.15, 0.2) is 0 Å². The van der Waals surface area contributed by atoms with Crippen molar-refractivity contribution >= 4 is 63.3 Å². The lowest BCUT2D eigenvalue weighted by Crippen LogP contribution is -2.13. The summed E-state index contributed by atoms with van der Waals surface area (Å²) in [5.41, 5.74) is 0.128. The summed E-state index contributed by atoms with van der Waals surface area (Å²) in [5, 5.41) is 21.3. The van der Waals surface area contributed by atoms with Gasteiger partial charge in [-0.05, 0) is 24.6 Å². The topological polar surface area (TPSA) is 78.7 Å². The van der Waals surface area contributed by atoms with E-state index >= 15 is 0 Å². The second-order valence-electron chi connectivity index (χ2n) is 4.24. The Morgan fingerprint density at radius 3 is 2.65 bits per heavy atom. The summed E-state index contributed by atoms with van der Waals surface area (Å²) in [5.74, 6) is -0.626. The number of nitriles is 1. The molecule has 0 saturated carbocycles. The van der Waals surface area contributed by atoms with Gasteiger partial charge in [-0.2, -0.15) is 5.26 Å². The highest BCUT2D eigenvalue weighted by Gasteiger charge is 2.15. The Balaban J connectivity index is 2.30. The van der Waals surface area contributed by atoms with E-state index in [1.807, 2.05) is 13.0 Å². The number of hydrogen-bond donors (Lipinski definition) is 1. The molecule has 1 heterocycles. The van der Waals surface area contributed by atoms with Crippen molar-refractivity contribution in [2.45, 2.75) is 13.3 Å². The normalized spacial score (nSPS) is 11.2. The van der Waals surface area contributed by atoms with Gasteiger partial charge in [0.2, 0.25) is 5.13 Å². The predicted molar refractivity (Wildman–Crippen MR) is 93.0 cm³/mol. The Morgan fingerprint density at radius 1 is 1.35 bits per heavy atom. The Labute approximate surface area is 151 Å². The van der Waals surface area contributed by atoms with E-state index < -0.39 is 5.91 Å². The smallest absolute Gasteiger partial charge is 0.268 e. The van der Waals surface area contributed by atoms with E-state index in [4.69, 9.17) is 34.8 Å². The number of anilines is 1. The van der Waals surface area contributed by atoms with Crippen molar-refractivity contribution in [1.29, 1.82) is 5.26 Å². The predicted octanol–water partition coefficient (Wildman–Crippen LogP) is 4.61. The summed E-state index contributed by atoms with van der Waals surface area (Å²) >= 11 is 19.3. The van der Waals surface area contributed by atoms with Crippen molar-refractivity contribution in [2.24, 2.45) is 0 Å². The average Bonchev–Trinajstić information content (AvgIpc) is 2.99. The van der Waals surface area contributed by atoms with Gasteiger partial charge in [-0.25, -0.2) is 0 Å². The van der Waals surface area contributed by atoms with Crippen LogP contribution in [-0.2, 0) is 11.2 Å². The largest absolute Gasteiger partial charge is 0.296 e. The molecule has 0 aliphatic heterocycles. The Hall–Kier alpha value is -1.65. The summed E-state index contributed by atoms with van der Waals surface area (Å²) in [6.07, 6.45) is 2.00. The minimum Gasteiger partial charge on any atom is -0.296 e. The summed E-state index contributed by atoms with van der Waals surface area (Å²) in [6, 6.07) is 4.88. The van der Waals surface area contributed by atoms with Crippen molar-refractivity contribution in [3.05, 3.63) is 43.3 Å². The molecular formula is C14H9Cl3N4OS. The maximum atomic E-state index is 12.2. The lowest BCUT2D eigenvalue weighted by Gasteiger charge is -2.05. The van der Waals surface area contributed by atoms with Crippen molar-refractivity contribution < 1.29 is 4.79 Å². The number of nitrogens with zero attached hydrogens (tertiary/aromatic N) is 3. The molecule has 5 nitrogen and oxygen atoms in total. The van der Waals surface area contributed by atoms with Crippen LogP contribution in [0.2, 0.25) is 15.1 Å². The number of hydrogen-bond acceptors (Lipinski definition) is 5. The maximum Gasteiger partial charge on any atom is 0.268 e. The number of aryl methyl sites for hydroxylation is 1. The van der Waals surface area contributed by atoms with Crippen molar-refractivity contribution in [3.8, 4) is 6.07 Å². The fourth-order valence-electron chi connectivity index (χ4n) is 1.58. The quantitative estimate of drug-likeness (QED) is 0.472. The van der Waals surface area contributed by atoms with E-state index in [0.717, 1.165) is 5.01 Å². The molecule has 1 aromatic carbocycles. The standard InChI is InChI=1S/C14H9Cl3N4OS/c1-2-11-20-21-14(23-11)19-13(22)7(6-18)5-8-9(15)3-4-10(16)12(8)17/h3-5H,2H2,1H3,(H,19,21,22). The Bertz CT molecular complexity index is 826. The summed E-state index contributed by atoms with van der Waals surface area (Å²) < 4.78 is 0. The van der Waals surface area contributed by atoms with Crippen LogP contribution in [0.3, 0.4) is 0 Å². The lowest BCUT2D eigenvalue weighted by atomic mass is 10.1. The third kappa shape index (κ3) is 4.21. The van der Waals surface area contributed by atoms with Gasteiger partial charge in [-0.1, -0.05) is 53.1 Å². The molecule has 0 fully saturated rings. The molecule has 0 saturated heterocycles. The fourth-order valence-corrected chi connectivity index (χ4v) is 2.90. The van der Waals surface area contributed by atoms with Gasteiger partial charge >= 0.3 is 0 Å². The molecule has 1 aromatic heterocycles. The van der Waals surface area contributed by atoms with E-state index in [0.29, 0.717) is 17.1 Å². The van der Waals surface area contributed by atoms with Crippen molar-refractivity contribution in [2.75, 3.05) is 5.32 Å². The first-order valence-corrected chi connectivity index (χ1v) is 8.30. The van der Waals surface area contributed by atoms with Crippen molar-refractivity contribution in [3.63, 3.8) is 0 Å². The van der Waals surface area contributed by atoms with Gasteiger partial charge in [0.25, 0.3) is 5.91 Å². The summed E-state index contributed by atoms with van der Waals surface area (Å²) in [7, 11) is 0. The van der Waals surface area contributed by atoms with E-state index in [1.54, 1.807) is 0 Å². The minimum atomic E-state index is -0.626. The molecule has 0 bridgehead atoms. The third-order valence-electron chi connectivity index (χ3n) is 2.72. The number of aromatic nitrogens is 2. The van der Waals surface area contributed by atoms with Crippen molar-refractivity contribution in [1.82, 2.24) is 10.2 Å². The van der Waals surface area contributed by atoms with E-state index in [1.165, 1.54) is 29.5 Å². The molecule has 9 heteroatoms. The fraction of sp³-hybridized carbons (Fsp3) is 0.143. The second kappa shape index (κ2) is 7.75. The van der Waals surface area contributed by atoms with Gasteiger partial charge in [0.05, 0.1) is 10.0 Å². The first-order chi connectivity index (χ1) is 11.0. The summed E-state index contributed by atoms with van der Waals surface area (Å²) in [6.45, 7) is 1.93. The molecule has 2 aromatic rings. The highest BCUT2D eigenvalue weighted by molar-refractivity contribution is 7.15. The minimum absolute atomic E-state index is 0.170. The molecule has 0 atom stereocenters. The number of amides is 1. The van der Waals surface area contributed by atoms with Gasteiger partial charge in [-0.15, -0.1) is 10.2 Å². The molecule has 23 heavy (non-hydrogen) atoms. The molecule has 0 aliphatic carbocycles. The van der Waals surface area contributed by atoms with Crippen LogP contribution in [-0.4, -0.2) is 16.1 Å². The molecule has 118 valence electrons. The molecule has 0 unspecified atom stereocenters. The Morgan fingerprint density at radius 2 is 2.04 bits per heavy atom. The highest BCUT2D eigenvalue weighted by atomic mass is 35.5. The number of halogens is 3. The first-order valence-electron chi connectivity index (χ1n) is 6.35. The van der Waals surface area contributed by atoms with E-state index in [2.05, 4.69) is 15.5 Å². The van der Waals surface area contributed by atoms with Crippen LogP contribution in [0.1, 0.15) is 17.5 Å². The molecule has 0 radical (unpaired) electrons. The molecule has 1 N–H and O–H groups in total.